The van der Waals surface area contributed by atoms with Crippen molar-refractivity contribution < 1.29 is 19.1 Å². The molecule has 2 rings (SSSR count). The highest BCUT2D eigenvalue weighted by atomic mass is 16.4. The maximum absolute atomic E-state index is 10.5. The SMILES string of the molecule is O=Cc1ccc(-n2ccc(C(=O)O)n2)o1. The average molecular weight is 206 g/mol. The second-order valence-corrected chi connectivity index (χ2v) is 2.74. The van der Waals surface area contributed by atoms with Gasteiger partial charge in [-0.25, -0.2) is 9.48 Å². The molecule has 0 bridgehead atoms. The van der Waals surface area contributed by atoms with Crippen LogP contribution >= 0.6 is 0 Å². The van der Waals surface area contributed by atoms with Crippen molar-refractivity contribution >= 4 is 12.3 Å². The van der Waals surface area contributed by atoms with Crippen molar-refractivity contribution in [2.24, 2.45) is 0 Å². The van der Waals surface area contributed by atoms with Crippen molar-refractivity contribution in [3.8, 4) is 5.88 Å². The van der Waals surface area contributed by atoms with Crippen LogP contribution in [-0.4, -0.2) is 27.1 Å². The fourth-order valence-electron chi connectivity index (χ4n) is 1.09. The number of nitrogens with zero attached hydrogens (tertiary/aromatic N) is 2. The van der Waals surface area contributed by atoms with Gasteiger partial charge in [0.2, 0.25) is 5.88 Å². The molecule has 0 radical (unpaired) electrons. The summed E-state index contributed by atoms with van der Waals surface area (Å²) in [6.45, 7) is 0. The van der Waals surface area contributed by atoms with Crippen LogP contribution in [0.4, 0.5) is 0 Å². The van der Waals surface area contributed by atoms with Crippen LogP contribution < -0.4 is 0 Å². The highest BCUT2D eigenvalue weighted by Gasteiger charge is 2.09. The molecule has 2 aromatic heterocycles. The molecule has 0 saturated carbocycles. The molecule has 0 atom stereocenters. The number of hydrogen-bond donors (Lipinski definition) is 1. The van der Waals surface area contributed by atoms with E-state index in [1.807, 2.05) is 0 Å². The molecule has 0 spiro atoms. The Hall–Kier alpha value is -2.37. The molecule has 2 aromatic rings. The van der Waals surface area contributed by atoms with E-state index in [0.717, 1.165) is 0 Å². The molecule has 0 saturated heterocycles. The third-order valence-corrected chi connectivity index (χ3v) is 1.76. The maximum Gasteiger partial charge on any atom is 0.356 e. The number of carbonyl (C=O) groups excluding carboxylic acids is 1. The summed E-state index contributed by atoms with van der Waals surface area (Å²) in [5.41, 5.74) is -0.0842. The van der Waals surface area contributed by atoms with Crippen LogP contribution in [0.2, 0.25) is 0 Å². The first-order chi connectivity index (χ1) is 7.20. The predicted octanol–water partition coefficient (Wildman–Crippen LogP) is 0.976. The quantitative estimate of drug-likeness (QED) is 0.756. The standard InChI is InChI=1S/C9H6N2O4/c12-5-6-1-2-8(15-6)11-4-3-7(10-11)9(13)14/h1-5H,(H,13,14). The van der Waals surface area contributed by atoms with E-state index >= 15 is 0 Å². The summed E-state index contributed by atoms with van der Waals surface area (Å²) in [5, 5.41) is 12.4. The summed E-state index contributed by atoms with van der Waals surface area (Å²) in [5.74, 6) is -0.655. The van der Waals surface area contributed by atoms with Crippen molar-refractivity contribution in [3.63, 3.8) is 0 Å². The number of aromatic carboxylic acids is 1. The van der Waals surface area contributed by atoms with Gasteiger partial charge in [0.05, 0.1) is 0 Å². The Morgan fingerprint density at radius 2 is 2.27 bits per heavy atom. The molecule has 6 nitrogen and oxygen atoms in total. The Morgan fingerprint density at radius 1 is 1.47 bits per heavy atom. The van der Waals surface area contributed by atoms with Gasteiger partial charge in [0.15, 0.2) is 17.7 Å². The molecule has 0 amide bonds. The van der Waals surface area contributed by atoms with Crippen LogP contribution in [0.5, 0.6) is 0 Å². The third-order valence-electron chi connectivity index (χ3n) is 1.76. The molecule has 15 heavy (non-hydrogen) atoms. The monoisotopic (exact) mass is 206 g/mol. The molecule has 0 aromatic carbocycles. The van der Waals surface area contributed by atoms with Crippen LogP contribution in [-0.2, 0) is 0 Å². The van der Waals surface area contributed by atoms with Crippen LogP contribution in [0, 0.1) is 0 Å². The van der Waals surface area contributed by atoms with Gasteiger partial charge in [-0.1, -0.05) is 0 Å². The lowest BCUT2D eigenvalue weighted by atomic mass is 10.5. The van der Waals surface area contributed by atoms with Crippen molar-refractivity contribution in [1.29, 1.82) is 0 Å². The normalized spacial score (nSPS) is 10.1. The van der Waals surface area contributed by atoms with E-state index in [2.05, 4.69) is 5.10 Å². The maximum atomic E-state index is 10.5. The largest absolute Gasteiger partial charge is 0.476 e. The van der Waals surface area contributed by atoms with E-state index in [1.165, 1.54) is 29.1 Å². The van der Waals surface area contributed by atoms with Gasteiger partial charge in [-0.15, -0.1) is 0 Å². The topological polar surface area (TPSA) is 85.3 Å². The van der Waals surface area contributed by atoms with Gasteiger partial charge in [0.25, 0.3) is 0 Å². The van der Waals surface area contributed by atoms with E-state index in [-0.39, 0.29) is 11.5 Å². The van der Waals surface area contributed by atoms with E-state index in [4.69, 9.17) is 9.52 Å². The van der Waals surface area contributed by atoms with Crippen LogP contribution in [0.25, 0.3) is 5.88 Å². The first-order valence-corrected chi connectivity index (χ1v) is 4.05. The number of hydrogen-bond acceptors (Lipinski definition) is 4. The lowest BCUT2D eigenvalue weighted by molar-refractivity contribution is 0.0689. The third kappa shape index (κ3) is 1.64. The number of rotatable bonds is 3. The van der Waals surface area contributed by atoms with Crippen molar-refractivity contribution in [2.75, 3.05) is 0 Å². The van der Waals surface area contributed by atoms with Crippen LogP contribution in [0.1, 0.15) is 21.0 Å². The molecule has 0 aliphatic rings. The molecule has 0 unspecified atom stereocenters. The number of carboxylic acids is 1. The number of furan rings is 1. The van der Waals surface area contributed by atoms with Gasteiger partial charge < -0.3 is 9.52 Å². The molecule has 1 N–H and O–H groups in total. The molecule has 0 fully saturated rings. The highest BCUT2D eigenvalue weighted by Crippen LogP contribution is 2.11. The Labute approximate surface area is 83.7 Å². The minimum Gasteiger partial charge on any atom is -0.476 e. The second-order valence-electron chi connectivity index (χ2n) is 2.74. The molecular formula is C9H6N2O4. The minimum absolute atomic E-state index is 0.0842. The summed E-state index contributed by atoms with van der Waals surface area (Å²) < 4.78 is 6.30. The average Bonchev–Trinajstić information content (AvgIpc) is 2.86. The first-order valence-electron chi connectivity index (χ1n) is 4.05. The Balaban J connectivity index is 2.36. The predicted molar refractivity (Wildman–Crippen MR) is 48.2 cm³/mol. The first kappa shape index (κ1) is 9.20. The van der Waals surface area contributed by atoms with Crippen molar-refractivity contribution in [1.82, 2.24) is 9.78 Å². The number of aldehydes is 1. The molecule has 0 aliphatic heterocycles. The Kier molecular flexibility index (Phi) is 2.09. The number of carboxylic acid groups (broad SMARTS) is 1. The molecule has 6 heteroatoms. The van der Waals surface area contributed by atoms with E-state index in [0.29, 0.717) is 12.2 Å². The van der Waals surface area contributed by atoms with Gasteiger partial charge in [-0.2, -0.15) is 5.10 Å². The fraction of sp³-hybridized carbons (Fsp3) is 0. The van der Waals surface area contributed by atoms with Crippen molar-refractivity contribution in [3.05, 3.63) is 35.9 Å². The molecule has 2 heterocycles. The zero-order valence-electron chi connectivity index (χ0n) is 7.45. The Bertz CT molecular complexity index is 512. The second kappa shape index (κ2) is 3.41. The van der Waals surface area contributed by atoms with Crippen molar-refractivity contribution in [2.45, 2.75) is 0 Å². The van der Waals surface area contributed by atoms with Gasteiger partial charge in [0, 0.05) is 12.3 Å². The van der Waals surface area contributed by atoms with E-state index in [1.54, 1.807) is 0 Å². The van der Waals surface area contributed by atoms with E-state index < -0.39 is 5.97 Å². The summed E-state index contributed by atoms with van der Waals surface area (Å²) in [6.07, 6.45) is 2.00. The lowest BCUT2D eigenvalue weighted by Gasteiger charge is -1.93. The smallest absolute Gasteiger partial charge is 0.356 e. The fourth-order valence-corrected chi connectivity index (χ4v) is 1.09. The molecular weight excluding hydrogens is 200 g/mol. The zero-order valence-corrected chi connectivity index (χ0v) is 7.45. The van der Waals surface area contributed by atoms with Crippen LogP contribution in [0.3, 0.4) is 0 Å². The summed E-state index contributed by atoms with van der Waals surface area (Å²) in [6, 6.07) is 4.35. The molecule has 76 valence electrons. The van der Waals surface area contributed by atoms with Gasteiger partial charge in [-0.05, 0) is 12.1 Å². The summed E-state index contributed by atoms with van der Waals surface area (Å²) >= 11 is 0. The number of aromatic nitrogens is 2. The Morgan fingerprint density at radius 3 is 2.80 bits per heavy atom. The minimum atomic E-state index is -1.11. The van der Waals surface area contributed by atoms with Gasteiger partial charge in [-0.3, -0.25) is 4.79 Å². The van der Waals surface area contributed by atoms with Gasteiger partial charge >= 0.3 is 5.97 Å². The van der Waals surface area contributed by atoms with Crippen LogP contribution in [0.15, 0.2) is 28.8 Å². The summed E-state index contributed by atoms with van der Waals surface area (Å²) in [4.78, 5) is 20.9. The molecule has 0 aliphatic carbocycles. The lowest BCUT2D eigenvalue weighted by Crippen LogP contribution is -1.99. The summed E-state index contributed by atoms with van der Waals surface area (Å²) in [7, 11) is 0. The van der Waals surface area contributed by atoms with E-state index in [9.17, 15) is 9.59 Å². The van der Waals surface area contributed by atoms with Gasteiger partial charge in [0.1, 0.15) is 0 Å². The highest BCUT2D eigenvalue weighted by molar-refractivity contribution is 5.85. The number of carbonyl (C=O) groups is 2. The zero-order chi connectivity index (χ0) is 10.8.